The van der Waals surface area contributed by atoms with Gasteiger partial charge < -0.3 is 5.11 Å². The third kappa shape index (κ3) is 1.76. The predicted octanol–water partition coefficient (Wildman–Crippen LogP) is 4.10. The highest BCUT2D eigenvalue weighted by Crippen LogP contribution is 2.33. The van der Waals surface area contributed by atoms with E-state index in [0.29, 0.717) is 5.75 Å². The minimum absolute atomic E-state index is 0.315. The Morgan fingerprint density at radius 3 is 2.70 bits per heavy atom. The van der Waals surface area contributed by atoms with Gasteiger partial charge in [0.2, 0.25) is 0 Å². The van der Waals surface area contributed by atoms with Gasteiger partial charge in [0.1, 0.15) is 5.75 Å². The van der Waals surface area contributed by atoms with E-state index in [4.69, 9.17) is 0 Å². The SMILES string of the molecule is Oc1ccc2cc(-c3ccnc4c3CCC4)ccc2c1. The van der Waals surface area contributed by atoms with E-state index < -0.39 is 0 Å². The van der Waals surface area contributed by atoms with Crippen LogP contribution in [0.25, 0.3) is 21.9 Å². The van der Waals surface area contributed by atoms with Crippen LogP contribution in [0.4, 0.5) is 0 Å². The van der Waals surface area contributed by atoms with Crippen molar-refractivity contribution in [2.24, 2.45) is 0 Å². The molecular weight excluding hydrogens is 246 g/mol. The molecule has 1 aromatic heterocycles. The molecule has 1 heterocycles. The summed E-state index contributed by atoms with van der Waals surface area (Å²) in [5.74, 6) is 0.315. The summed E-state index contributed by atoms with van der Waals surface area (Å²) in [6.07, 6.45) is 5.36. The lowest BCUT2D eigenvalue weighted by Gasteiger charge is -2.09. The molecule has 0 spiro atoms. The monoisotopic (exact) mass is 261 g/mol. The second kappa shape index (κ2) is 4.34. The van der Waals surface area contributed by atoms with Gasteiger partial charge >= 0.3 is 0 Å². The quantitative estimate of drug-likeness (QED) is 0.715. The standard InChI is InChI=1S/C18H15NO/c20-15-7-6-12-10-14(5-4-13(12)11-15)16-8-9-19-18-3-1-2-17(16)18/h4-11,20H,1-3H2. The van der Waals surface area contributed by atoms with Gasteiger partial charge in [-0.05, 0) is 71.0 Å². The number of hydrogen-bond donors (Lipinski definition) is 1. The highest BCUT2D eigenvalue weighted by molar-refractivity contribution is 5.88. The molecule has 0 saturated carbocycles. The fraction of sp³-hybridized carbons (Fsp3) is 0.167. The summed E-state index contributed by atoms with van der Waals surface area (Å²) in [6, 6.07) is 14.0. The average Bonchev–Trinajstić information content (AvgIpc) is 2.95. The second-order valence-electron chi connectivity index (χ2n) is 5.38. The van der Waals surface area contributed by atoms with Gasteiger partial charge in [0.25, 0.3) is 0 Å². The summed E-state index contributed by atoms with van der Waals surface area (Å²) in [5.41, 5.74) is 5.21. The average molecular weight is 261 g/mol. The van der Waals surface area contributed by atoms with E-state index in [9.17, 15) is 5.11 Å². The molecule has 0 atom stereocenters. The number of phenols is 1. The fourth-order valence-corrected chi connectivity index (χ4v) is 3.13. The van der Waals surface area contributed by atoms with Gasteiger partial charge in [-0.1, -0.05) is 18.2 Å². The van der Waals surface area contributed by atoms with E-state index in [1.54, 1.807) is 12.1 Å². The van der Waals surface area contributed by atoms with Crippen LogP contribution in [0, 0.1) is 0 Å². The zero-order valence-electron chi connectivity index (χ0n) is 11.1. The first-order chi connectivity index (χ1) is 9.81. The molecule has 3 aromatic rings. The lowest BCUT2D eigenvalue weighted by Crippen LogP contribution is -1.91. The van der Waals surface area contributed by atoms with Gasteiger partial charge in [-0.15, -0.1) is 0 Å². The van der Waals surface area contributed by atoms with Crippen molar-refractivity contribution in [3.63, 3.8) is 0 Å². The van der Waals surface area contributed by atoms with Crippen molar-refractivity contribution in [1.82, 2.24) is 4.98 Å². The molecular formula is C18H15NO. The van der Waals surface area contributed by atoms with Crippen LogP contribution in [0.1, 0.15) is 17.7 Å². The topological polar surface area (TPSA) is 33.1 Å². The number of aromatic nitrogens is 1. The summed E-state index contributed by atoms with van der Waals surface area (Å²) in [5, 5.41) is 11.8. The maximum absolute atomic E-state index is 9.54. The number of phenolic OH excluding ortho intramolecular Hbond substituents is 1. The third-order valence-corrected chi connectivity index (χ3v) is 4.12. The first kappa shape index (κ1) is 11.5. The molecule has 2 nitrogen and oxygen atoms in total. The number of pyridine rings is 1. The lowest BCUT2D eigenvalue weighted by molar-refractivity contribution is 0.476. The lowest BCUT2D eigenvalue weighted by atomic mass is 9.97. The minimum atomic E-state index is 0.315. The van der Waals surface area contributed by atoms with Crippen molar-refractivity contribution in [3.8, 4) is 16.9 Å². The first-order valence-corrected chi connectivity index (χ1v) is 7.01. The molecule has 20 heavy (non-hydrogen) atoms. The number of hydrogen-bond acceptors (Lipinski definition) is 2. The number of aromatic hydroxyl groups is 1. The Morgan fingerprint density at radius 1 is 0.900 bits per heavy atom. The zero-order valence-corrected chi connectivity index (χ0v) is 11.1. The molecule has 0 radical (unpaired) electrons. The number of aryl methyl sites for hydroxylation is 1. The van der Waals surface area contributed by atoms with Crippen LogP contribution in [0.3, 0.4) is 0 Å². The van der Waals surface area contributed by atoms with Crippen LogP contribution >= 0.6 is 0 Å². The Bertz CT molecular complexity index is 808. The van der Waals surface area contributed by atoms with Gasteiger partial charge in [0.05, 0.1) is 0 Å². The van der Waals surface area contributed by atoms with E-state index in [0.717, 1.165) is 23.6 Å². The summed E-state index contributed by atoms with van der Waals surface area (Å²) in [4.78, 5) is 4.49. The fourth-order valence-electron chi connectivity index (χ4n) is 3.13. The molecule has 4 rings (SSSR count). The molecule has 0 fully saturated rings. The minimum Gasteiger partial charge on any atom is -0.508 e. The summed E-state index contributed by atoms with van der Waals surface area (Å²) >= 11 is 0. The molecule has 1 aliphatic carbocycles. The second-order valence-corrected chi connectivity index (χ2v) is 5.38. The smallest absolute Gasteiger partial charge is 0.116 e. The van der Waals surface area contributed by atoms with E-state index >= 15 is 0 Å². The van der Waals surface area contributed by atoms with Crippen molar-refractivity contribution >= 4 is 10.8 Å². The Balaban J connectivity index is 1.91. The van der Waals surface area contributed by atoms with Crippen molar-refractivity contribution in [2.45, 2.75) is 19.3 Å². The van der Waals surface area contributed by atoms with Gasteiger partial charge in [-0.2, -0.15) is 0 Å². The van der Waals surface area contributed by atoms with Crippen LogP contribution in [-0.4, -0.2) is 10.1 Å². The van der Waals surface area contributed by atoms with Gasteiger partial charge in [0.15, 0.2) is 0 Å². The van der Waals surface area contributed by atoms with E-state index in [-0.39, 0.29) is 0 Å². The van der Waals surface area contributed by atoms with Crippen molar-refractivity contribution < 1.29 is 5.11 Å². The number of fused-ring (bicyclic) bond motifs is 2. The summed E-state index contributed by atoms with van der Waals surface area (Å²) in [6.45, 7) is 0. The first-order valence-electron chi connectivity index (χ1n) is 7.01. The van der Waals surface area contributed by atoms with Crippen LogP contribution in [0.5, 0.6) is 5.75 Å². The Hall–Kier alpha value is -2.35. The summed E-state index contributed by atoms with van der Waals surface area (Å²) < 4.78 is 0. The largest absolute Gasteiger partial charge is 0.508 e. The molecule has 2 heteroatoms. The highest BCUT2D eigenvalue weighted by atomic mass is 16.3. The molecule has 0 amide bonds. The van der Waals surface area contributed by atoms with Gasteiger partial charge in [0, 0.05) is 11.9 Å². The van der Waals surface area contributed by atoms with Crippen molar-refractivity contribution in [1.29, 1.82) is 0 Å². The third-order valence-electron chi connectivity index (χ3n) is 4.12. The molecule has 1 aliphatic rings. The Labute approximate surface area is 117 Å². The molecule has 2 aromatic carbocycles. The normalized spacial score (nSPS) is 13.6. The van der Waals surface area contributed by atoms with Crippen LogP contribution < -0.4 is 0 Å². The van der Waals surface area contributed by atoms with Crippen LogP contribution in [-0.2, 0) is 12.8 Å². The van der Waals surface area contributed by atoms with Crippen LogP contribution in [0.2, 0.25) is 0 Å². The Morgan fingerprint density at radius 2 is 1.75 bits per heavy atom. The van der Waals surface area contributed by atoms with Crippen molar-refractivity contribution in [3.05, 3.63) is 59.9 Å². The maximum Gasteiger partial charge on any atom is 0.116 e. The molecule has 0 unspecified atom stereocenters. The molecule has 0 saturated heterocycles. The molecule has 98 valence electrons. The van der Waals surface area contributed by atoms with E-state index in [1.807, 2.05) is 12.3 Å². The predicted molar refractivity (Wildman–Crippen MR) is 80.9 cm³/mol. The van der Waals surface area contributed by atoms with Gasteiger partial charge in [-0.3, -0.25) is 4.98 Å². The number of nitrogens with zero attached hydrogens (tertiary/aromatic N) is 1. The number of rotatable bonds is 1. The van der Waals surface area contributed by atoms with Crippen molar-refractivity contribution in [2.75, 3.05) is 0 Å². The maximum atomic E-state index is 9.54. The highest BCUT2D eigenvalue weighted by Gasteiger charge is 2.16. The van der Waals surface area contributed by atoms with Gasteiger partial charge in [-0.25, -0.2) is 0 Å². The molecule has 1 N–H and O–H groups in total. The zero-order chi connectivity index (χ0) is 13.5. The Kier molecular flexibility index (Phi) is 2.49. The van der Waals surface area contributed by atoms with Crippen LogP contribution in [0.15, 0.2) is 48.7 Å². The number of benzene rings is 2. The molecule has 0 bridgehead atoms. The van der Waals surface area contributed by atoms with E-state index in [2.05, 4.69) is 29.2 Å². The molecule has 0 aliphatic heterocycles. The van der Waals surface area contributed by atoms with E-state index in [1.165, 1.54) is 28.8 Å². The summed E-state index contributed by atoms with van der Waals surface area (Å²) in [7, 11) is 0.